The van der Waals surface area contributed by atoms with E-state index in [-0.39, 0.29) is 16.8 Å². The van der Waals surface area contributed by atoms with Crippen LogP contribution in [0.4, 0.5) is 5.69 Å². The monoisotopic (exact) mass is 415 g/mol. The molecule has 0 saturated carbocycles. The molecule has 0 aromatic heterocycles. The van der Waals surface area contributed by atoms with Crippen LogP contribution in [-0.4, -0.2) is 44.9 Å². The number of likely N-dealkylation sites (tertiary alicyclic amines) is 1. The van der Waals surface area contributed by atoms with Gasteiger partial charge in [0.25, 0.3) is 5.91 Å². The second kappa shape index (κ2) is 9.52. The molecule has 1 heterocycles. The van der Waals surface area contributed by atoms with Gasteiger partial charge in [-0.1, -0.05) is 18.2 Å². The number of carbonyl (C=O) groups excluding carboxylic acids is 1. The highest BCUT2D eigenvalue weighted by atomic mass is 32.2. The van der Waals surface area contributed by atoms with Crippen molar-refractivity contribution in [2.24, 2.45) is 0 Å². The summed E-state index contributed by atoms with van der Waals surface area (Å²) in [5, 5.41) is 2.84. The Morgan fingerprint density at radius 3 is 2.41 bits per heavy atom. The molecule has 0 spiro atoms. The number of benzene rings is 2. The highest BCUT2D eigenvalue weighted by molar-refractivity contribution is 7.89. The van der Waals surface area contributed by atoms with Gasteiger partial charge < -0.3 is 10.2 Å². The largest absolute Gasteiger partial charge is 0.322 e. The first-order chi connectivity index (χ1) is 13.8. The van der Waals surface area contributed by atoms with Crippen LogP contribution in [-0.2, 0) is 16.4 Å². The predicted molar refractivity (Wildman–Crippen MR) is 116 cm³/mol. The van der Waals surface area contributed by atoms with E-state index < -0.39 is 10.0 Å². The molecular formula is C22H29N3O3S. The summed E-state index contributed by atoms with van der Waals surface area (Å²) in [6.45, 7) is 6.95. The number of nitrogens with one attached hydrogen (secondary N) is 2. The van der Waals surface area contributed by atoms with E-state index in [1.165, 1.54) is 43.6 Å². The summed E-state index contributed by atoms with van der Waals surface area (Å²) >= 11 is 0. The van der Waals surface area contributed by atoms with Gasteiger partial charge in [0.1, 0.15) is 0 Å². The number of anilines is 1. The summed E-state index contributed by atoms with van der Waals surface area (Å²) in [6.07, 6.45) is 3.58. The van der Waals surface area contributed by atoms with Crippen LogP contribution in [0.2, 0.25) is 0 Å². The Hall–Kier alpha value is -2.22. The van der Waals surface area contributed by atoms with Crippen molar-refractivity contribution in [3.05, 3.63) is 59.7 Å². The molecule has 1 aliphatic heterocycles. The first-order valence-electron chi connectivity index (χ1n) is 10.1. The highest BCUT2D eigenvalue weighted by Crippen LogP contribution is 2.16. The molecule has 2 aromatic carbocycles. The SMILES string of the molecule is CC(C)NS(=O)(=O)c1cccc(C(=O)Nc2ccc(CCN3CCCC3)cc2)c1. The van der Waals surface area contributed by atoms with Crippen LogP contribution in [0.1, 0.15) is 42.6 Å². The van der Waals surface area contributed by atoms with Crippen LogP contribution in [0, 0.1) is 0 Å². The minimum Gasteiger partial charge on any atom is -0.322 e. The topological polar surface area (TPSA) is 78.5 Å². The summed E-state index contributed by atoms with van der Waals surface area (Å²) in [7, 11) is -3.64. The van der Waals surface area contributed by atoms with Gasteiger partial charge in [-0.15, -0.1) is 0 Å². The molecule has 156 valence electrons. The van der Waals surface area contributed by atoms with Crippen molar-refractivity contribution in [3.63, 3.8) is 0 Å². The zero-order valence-electron chi connectivity index (χ0n) is 17.0. The molecule has 7 heteroatoms. The zero-order valence-corrected chi connectivity index (χ0v) is 17.8. The maximum absolute atomic E-state index is 12.6. The van der Waals surface area contributed by atoms with E-state index in [9.17, 15) is 13.2 Å². The van der Waals surface area contributed by atoms with E-state index in [0.29, 0.717) is 11.3 Å². The van der Waals surface area contributed by atoms with E-state index in [2.05, 4.69) is 14.9 Å². The summed E-state index contributed by atoms with van der Waals surface area (Å²) < 4.78 is 27.2. The van der Waals surface area contributed by atoms with E-state index in [1.807, 2.05) is 24.3 Å². The van der Waals surface area contributed by atoms with Gasteiger partial charge in [-0.3, -0.25) is 4.79 Å². The first kappa shape index (κ1) is 21.5. The third-order valence-electron chi connectivity index (χ3n) is 4.92. The average Bonchev–Trinajstić information content (AvgIpc) is 3.20. The molecule has 2 N–H and O–H groups in total. The van der Waals surface area contributed by atoms with Gasteiger partial charge >= 0.3 is 0 Å². The summed E-state index contributed by atoms with van der Waals surface area (Å²) in [5.74, 6) is -0.337. The Morgan fingerprint density at radius 1 is 1.07 bits per heavy atom. The maximum Gasteiger partial charge on any atom is 0.255 e. The fourth-order valence-electron chi connectivity index (χ4n) is 3.43. The van der Waals surface area contributed by atoms with Crippen LogP contribution in [0.25, 0.3) is 0 Å². The van der Waals surface area contributed by atoms with Gasteiger partial charge in [0.2, 0.25) is 10.0 Å². The molecular weight excluding hydrogens is 386 g/mol. The van der Waals surface area contributed by atoms with E-state index in [0.717, 1.165) is 13.0 Å². The standard InChI is InChI=1S/C22H29N3O3S/c1-17(2)24-29(27,28)21-7-5-6-19(16-21)22(26)23-20-10-8-18(9-11-20)12-15-25-13-3-4-14-25/h5-11,16-17,24H,3-4,12-15H2,1-2H3,(H,23,26). The smallest absolute Gasteiger partial charge is 0.255 e. The molecule has 29 heavy (non-hydrogen) atoms. The van der Waals surface area contributed by atoms with Crippen LogP contribution in [0.3, 0.4) is 0 Å². The van der Waals surface area contributed by atoms with Crippen molar-refractivity contribution in [1.82, 2.24) is 9.62 Å². The fourth-order valence-corrected chi connectivity index (χ4v) is 4.73. The number of sulfonamides is 1. The summed E-state index contributed by atoms with van der Waals surface area (Å²) in [6, 6.07) is 13.7. The minimum atomic E-state index is -3.64. The number of hydrogen-bond donors (Lipinski definition) is 2. The normalized spacial score (nSPS) is 15.0. The fraction of sp³-hybridized carbons (Fsp3) is 0.409. The Morgan fingerprint density at radius 2 is 1.76 bits per heavy atom. The molecule has 0 bridgehead atoms. The zero-order chi connectivity index (χ0) is 20.9. The molecule has 1 fully saturated rings. The Kier molecular flexibility index (Phi) is 7.05. The lowest BCUT2D eigenvalue weighted by Gasteiger charge is -2.14. The van der Waals surface area contributed by atoms with Crippen molar-refractivity contribution in [1.29, 1.82) is 0 Å². The molecule has 6 nitrogen and oxygen atoms in total. The molecule has 3 rings (SSSR count). The van der Waals surface area contributed by atoms with E-state index in [4.69, 9.17) is 0 Å². The second-order valence-electron chi connectivity index (χ2n) is 7.75. The van der Waals surface area contributed by atoms with Gasteiger partial charge in [-0.05, 0) is 82.1 Å². The lowest BCUT2D eigenvalue weighted by molar-refractivity contribution is 0.102. The van der Waals surface area contributed by atoms with Crippen molar-refractivity contribution in [3.8, 4) is 0 Å². The second-order valence-corrected chi connectivity index (χ2v) is 9.47. The Labute approximate surface area is 173 Å². The molecule has 0 atom stereocenters. The lowest BCUT2D eigenvalue weighted by Crippen LogP contribution is -2.30. The molecule has 0 unspecified atom stereocenters. The number of amides is 1. The number of carbonyl (C=O) groups is 1. The molecule has 1 aliphatic rings. The van der Waals surface area contributed by atoms with E-state index >= 15 is 0 Å². The minimum absolute atomic E-state index is 0.0797. The van der Waals surface area contributed by atoms with Crippen molar-refractivity contribution < 1.29 is 13.2 Å². The van der Waals surface area contributed by atoms with Gasteiger partial charge in [-0.25, -0.2) is 13.1 Å². The molecule has 0 radical (unpaired) electrons. The highest BCUT2D eigenvalue weighted by Gasteiger charge is 2.17. The van der Waals surface area contributed by atoms with Gasteiger partial charge in [0.15, 0.2) is 0 Å². The third-order valence-corrected chi connectivity index (χ3v) is 6.58. The maximum atomic E-state index is 12.6. The van der Waals surface area contributed by atoms with Crippen LogP contribution in [0.5, 0.6) is 0 Å². The lowest BCUT2D eigenvalue weighted by atomic mass is 10.1. The van der Waals surface area contributed by atoms with E-state index in [1.54, 1.807) is 26.0 Å². The third kappa shape index (κ3) is 6.13. The molecule has 1 saturated heterocycles. The number of rotatable bonds is 8. The number of nitrogens with zero attached hydrogens (tertiary/aromatic N) is 1. The van der Waals surface area contributed by atoms with Gasteiger partial charge in [0, 0.05) is 23.8 Å². The van der Waals surface area contributed by atoms with Crippen molar-refractivity contribution in [2.45, 2.75) is 44.0 Å². The Balaban J connectivity index is 1.62. The quantitative estimate of drug-likeness (QED) is 0.694. The van der Waals surface area contributed by atoms with Gasteiger partial charge in [-0.2, -0.15) is 0 Å². The summed E-state index contributed by atoms with van der Waals surface area (Å²) in [5.41, 5.74) is 2.23. The number of hydrogen-bond acceptors (Lipinski definition) is 4. The van der Waals surface area contributed by atoms with Gasteiger partial charge in [0.05, 0.1) is 4.90 Å². The molecule has 1 amide bonds. The average molecular weight is 416 g/mol. The Bertz CT molecular complexity index is 934. The summed E-state index contributed by atoms with van der Waals surface area (Å²) in [4.78, 5) is 15.1. The van der Waals surface area contributed by atoms with Crippen LogP contribution >= 0.6 is 0 Å². The first-order valence-corrected chi connectivity index (χ1v) is 11.6. The predicted octanol–water partition coefficient (Wildman–Crippen LogP) is 3.26. The molecule has 2 aromatic rings. The van der Waals surface area contributed by atoms with Crippen LogP contribution < -0.4 is 10.0 Å². The van der Waals surface area contributed by atoms with Crippen molar-refractivity contribution >= 4 is 21.6 Å². The van der Waals surface area contributed by atoms with Crippen molar-refractivity contribution in [2.75, 3.05) is 25.0 Å². The van der Waals surface area contributed by atoms with Crippen LogP contribution in [0.15, 0.2) is 53.4 Å². The molecule has 0 aliphatic carbocycles.